The van der Waals surface area contributed by atoms with Gasteiger partial charge < -0.3 is 19.5 Å². The summed E-state index contributed by atoms with van der Waals surface area (Å²) in [7, 11) is 0. The van der Waals surface area contributed by atoms with Gasteiger partial charge in [-0.15, -0.1) is 0 Å². The number of ether oxygens (including phenoxy) is 1. The summed E-state index contributed by atoms with van der Waals surface area (Å²) in [6, 6.07) is 0. The minimum atomic E-state index is 0.157. The summed E-state index contributed by atoms with van der Waals surface area (Å²) in [5, 5.41) is 7.33. The highest BCUT2D eigenvalue weighted by Gasteiger charge is 2.17. The highest BCUT2D eigenvalue weighted by atomic mass is 16.5. The maximum Gasteiger partial charge on any atom is 0.229 e. The van der Waals surface area contributed by atoms with Crippen LogP contribution in [0.2, 0.25) is 0 Å². The third-order valence-corrected chi connectivity index (χ3v) is 3.46. The molecule has 6 nitrogen and oxygen atoms in total. The zero-order valence-corrected chi connectivity index (χ0v) is 11.9. The van der Waals surface area contributed by atoms with Crippen LogP contribution in [0.4, 0.5) is 0 Å². The van der Waals surface area contributed by atoms with Crippen LogP contribution in [0.25, 0.3) is 0 Å². The Morgan fingerprint density at radius 1 is 1.37 bits per heavy atom. The highest BCUT2D eigenvalue weighted by molar-refractivity contribution is 4.90. The van der Waals surface area contributed by atoms with E-state index in [1.807, 2.05) is 0 Å². The second kappa shape index (κ2) is 7.57. The maximum absolute atomic E-state index is 5.63. The second-order valence-electron chi connectivity index (χ2n) is 4.78. The van der Waals surface area contributed by atoms with E-state index in [9.17, 15) is 0 Å². The molecule has 19 heavy (non-hydrogen) atoms. The lowest BCUT2D eigenvalue weighted by atomic mass is 10.2. The number of hydrogen-bond acceptors (Lipinski definition) is 6. The molecule has 108 valence electrons. The van der Waals surface area contributed by atoms with Crippen molar-refractivity contribution in [2.45, 2.75) is 32.8 Å². The Kier molecular flexibility index (Phi) is 5.75. The molecule has 0 spiro atoms. The average Bonchev–Trinajstić information content (AvgIpc) is 2.89. The number of morpholine rings is 1. The smallest absolute Gasteiger partial charge is 0.229 e. The molecule has 2 rings (SSSR count). The molecule has 1 aromatic rings. The summed E-state index contributed by atoms with van der Waals surface area (Å²) in [5.41, 5.74) is 0. The number of aromatic nitrogens is 2. The van der Waals surface area contributed by atoms with Gasteiger partial charge in [-0.3, -0.25) is 0 Å². The molecule has 6 heteroatoms. The quantitative estimate of drug-likeness (QED) is 0.776. The first kappa shape index (κ1) is 14.4. The molecule has 1 aliphatic heterocycles. The molecule has 2 heterocycles. The van der Waals surface area contributed by atoms with Crippen LogP contribution in [-0.2, 0) is 17.6 Å². The van der Waals surface area contributed by atoms with Gasteiger partial charge in [0.25, 0.3) is 0 Å². The Hall–Kier alpha value is -0.980. The first-order chi connectivity index (χ1) is 9.31. The molecule has 1 atom stereocenters. The van der Waals surface area contributed by atoms with Gasteiger partial charge in [0.1, 0.15) is 0 Å². The van der Waals surface area contributed by atoms with Gasteiger partial charge in [0.15, 0.2) is 5.82 Å². The normalized spacial score (nSPS) is 20.1. The molecule has 1 unspecified atom stereocenters. The van der Waals surface area contributed by atoms with Gasteiger partial charge in [-0.25, -0.2) is 0 Å². The molecule has 1 aromatic heterocycles. The lowest BCUT2D eigenvalue weighted by molar-refractivity contribution is 0.0246. The van der Waals surface area contributed by atoms with E-state index >= 15 is 0 Å². The van der Waals surface area contributed by atoms with E-state index in [0.29, 0.717) is 12.3 Å². The van der Waals surface area contributed by atoms with Crippen molar-refractivity contribution in [3.63, 3.8) is 0 Å². The Balaban J connectivity index is 1.77. The molecule has 0 aromatic carbocycles. The van der Waals surface area contributed by atoms with E-state index in [2.05, 4.69) is 34.2 Å². The largest absolute Gasteiger partial charge is 0.375 e. The molecule has 1 aliphatic rings. The lowest BCUT2D eigenvalue weighted by Gasteiger charge is -2.21. The van der Waals surface area contributed by atoms with Gasteiger partial charge in [0.2, 0.25) is 5.89 Å². The molecule has 1 saturated heterocycles. The SMILES string of the molecule is CCN(CC)CCc1noc(CC2CNCCO2)n1. The van der Waals surface area contributed by atoms with Crippen LogP contribution in [0.5, 0.6) is 0 Å². The lowest BCUT2D eigenvalue weighted by Crippen LogP contribution is -2.39. The second-order valence-corrected chi connectivity index (χ2v) is 4.78. The molecule has 0 saturated carbocycles. The minimum absolute atomic E-state index is 0.157. The number of nitrogens with one attached hydrogen (secondary N) is 1. The van der Waals surface area contributed by atoms with E-state index < -0.39 is 0 Å². The van der Waals surface area contributed by atoms with Crippen LogP contribution in [0.1, 0.15) is 25.6 Å². The molecule has 0 radical (unpaired) electrons. The van der Waals surface area contributed by atoms with Crippen molar-refractivity contribution in [2.75, 3.05) is 39.3 Å². The zero-order chi connectivity index (χ0) is 13.5. The highest BCUT2D eigenvalue weighted by Crippen LogP contribution is 2.07. The Morgan fingerprint density at radius 2 is 2.21 bits per heavy atom. The van der Waals surface area contributed by atoms with Gasteiger partial charge >= 0.3 is 0 Å². The summed E-state index contributed by atoms with van der Waals surface area (Å²) in [6.45, 7) is 9.97. The fraction of sp³-hybridized carbons (Fsp3) is 0.846. The zero-order valence-electron chi connectivity index (χ0n) is 11.9. The molecule has 0 bridgehead atoms. The molecular weight excluding hydrogens is 244 g/mol. The number of likely N-dealkylation sites (N-methyl/N-ethyl adjacent to an activating group) is 1. The predicted octanol–water partition coefficient (Wildman–Crippen LogP) is 0.485. The molecule has 1 N–H and O–H groups in total. The molecule has 1 fully saturated rings. The summed E-state index contributed by atoms with van der Waals surface area (Å²) in [6.07, 6.45) is 1.70. The third-order valence-electron chi connectivity index (χ3n) is 3.46. The monoisotopic (exact) mass is 268 g/mol. The first-order valence-corrected chi connectivity index (χ1v) is 7.18. The van der Waals surface area contributed by atoms with Crippen LogP contribution in [0, 0.1) is 0 Å². The standard InChI is InChI=1S/C13H24N4O2/c1-3-17(4-2)7-5-12-15-13(19-16-12)9-11-10-14-6-8-18-11/h11,14H,3-10H2,1-2H3. The number of hydrogen-bond donors (Lipinski definition) is 1. The van der Waals surface area contributed by atoms with Crippen molar-refractivity contribution >= 4 is 0 Å². The predicted molar refractivity (Wildman–Crippen MR) is 72.1 cm³/mol. The van der Waals surface area contributed by atoms with Crippen LogP contribution >= 0.6 is 0 Å². The van der Waals surface area contributed by atoms with Crippen LogP contribution in [0.15, 0.2) is 4.52 Å². The summed E-state index contributed by atoms with van der Waals surface area (Å²) in [5.74, 6) is 1.48. The fourth-order valence-electron chi connectivity index (χ4n) is 2.22. The van der Waals surface area contributed by atoms with Crippen molar-refractivity contribution in [1.82, 2.24) is 20.4 Å². The van der Waals surface area contributed by atoms with Crippen LogP contribution in [0.3, 0.4) is 0 Å². The molecule has 0 amide bonds. The average molecular weight is 268 g/mol. The Bertz CT molecular complexity index is 359. The van der Waals surface area contributed by atoms with E-state index in [4.69, 9.17) is 9.26 Å². The first-order valence-electron chi connectivity index (χ1n) is 7.18. The van der Waals surface area contributed by atoms with Gasteiger partial charge in [-0.1, -0.05) is 19.0 Å². The van der Waals surface area contributed by atoms with E-state index in [-0.39, 0.29) is 6.10 Å². The van der Waals surface area contributed by atoms with E-state index in [1.54, 1.807) is 0 Å². The van der Waals surface area contributed by atoms with Crippen LogP contribution < -0.4 is 5.32 Å². The summed E-state index contributed by atoms with van der Waals surface area (Å²) < 4.78 is 10.9. The Morgan fingerprint density at radius 3 is 2.89 bits per heavy atom. The van der Waals surface area contributed by atoms with Gasteiger partial charge in [0, 0.05) is 26.1 Å². The van der Waals surface area contributed by atoms with Crippen molar-refractivity contribution in [1.29, 1.82) is 0 Å². The van der Waals surface area contributed by atoms with Crippen molar-refractivity contribution < 1.29 is 9.26 Å². The number of nitrogens with zero attached hydrogens (tertiary/aromatic N) is 3. The molecule has 0 aliphatic carbocycles. The van der Waals surface area contributed by atoms with Crippen molar-refractivity contribution in [3.05, 3.63) is 11.7 Å². The topological polar surface area (TPSA) is 63.4 Å². The van der Waals surface area contributed by atoms with Gasteiger partial charge in [0.05, 0.1) is 19.1 Å². The molecular formula is C13H24N4O2. The maximum atomic E-state index is 5.63. The number of rotatable bonds is 7. The van der Waals surface area contributed by atoms with Crippen molar-refractivity contribution in [3.8, 4) is 0 Å². The van der Waals surface area contributed by atoms with Gasteiger partial charge in [-0.2, -0.15) is 4.98 Å². The summed E-state index contributed by atoms with van der Waals surface area (Å²) >= 11 is 0. The van der Waals surface area contributed by atoms with Crippen molar-refractivity contribution in [2.24, 2.45) is 0 Å². The van der Waals surface area contributed by atoms with E-state index in [0.717, 1.165) is 51.6 Å². The van der Waals surface area contributed by atoms with E-state index in [1.165, 1.54) is 0 Å². The third kappa shape index (κ3) is 4.56. The van der Waals surface area contributed by atoms with Gasteiger partial charge in [-0.05, 0) is 13.1 Å². The van der Waals surface area contributed by atoms with Crippen LogP contribution in [-0.4, -0.2) is 60.5 Å². The fourth-order valence-corrected chi connectivity index (χ4v) is 2.22. The summed E-state index contributed by atoms with van der Waals surface area (Å²) in [4.78, 5) is 6.78. The minimum Gasteiger partial charge on any atom is -0.375 e. The Labute approximate surface area is 114 Å².